The number of pyridine rings is 1. The summed E-state index contributed by atoms with van der Waals surface area (Å²) >= 11 is 7.81. The number of hydrogen-bond acceptors (Lipinski definition) is 8. The lowest BCUT2D eigenvalue weighted by atomic mass is 9.98. The molecule has 0 saturated heterocycles. The third kappa shape index (κ3) is 6.84. The van der Waals surface area contributed by atoms with Crippen molar-refractivity contribution in [2.45, 2.75) is 45.8 Å². The molecule has 5 rings (SSSR count). The third-order valence-electron chi connectivity index (χ3n) is 6.75. The maximum absolute atomic E-state index is 15.8. The molecular formula is C32H28ClFN4O5S. The molecule has 226 valence electrons. The number of ether oxygens (including phenoxy) is 1. The third-order valence-corrected chi connectivity index (χ3v) is 8.28. The molecule has 0 aliphatic carbocycles. The number of benzene rings is 2. The van der Waals surface area contributed by atoms with E-state index in [1.807, 2.05) is 0 Å². The number of ketones is 1. The number of Topliss-reactive ketones (excluding diaryl/α,β-unsaturated/α-hetero) is 1. The van der Waals surface area contributed by atoms with Crippen LogP contribution in [-0.2, 0) is 24.1 Å². The van der Waals surface area contributed by atoms with Gasteiger partial charge in [-0.05, 0) is 44.5 Å². The maximum atomic E-state index is 15.8. The predicted molar refractivity (Wildman–Crippen MR) is 165 cm³/mol. The molecule has 0 spiro atoms. The molecule has 4 aromatic rings. The van der Waals surface area contributed by atoms with Crippen LogP contribution in [0.5, 0.6) is 0 Å². The van der Waals surface area contributed by atoms with Crippen LogP contribution in [-0.4, -0.2) is 51.1 Å². The molecule has 2 aromatic heterocycles. The Morgan fingerprint density at radius 2 is 1.86 bits per heavy atom. The summed E-state index contributed by atoms with van der Waals surface area (Å²) in [6.07, 6.45) is 1.90. The number of rotatable bonds is 7. The number of hydrogen-bond donors (Lipinski definition) is 1. The minimum absolute atomic E-state index is 0.0620. The number of aromatic nitrogens is 2. The molecular weight excluding hydrogens is 607 g/mol. The second-order valence-electron chi connectivity index (χ2n) is 11.1. The topological polar surface area (TPSA) is 119 Å². The fraction of sp³-hybridized carbons (Fsp3) is 0.250. The smallest absolute Gasteiger partial charge is 0.410 e. The summed E-state index contributed by atoms with van der Waals surface area (Å²) in [5, 5.41) is 2.95. The molecule has 1 N–H and O–H groups in total. The average Bonchev–Trinajstić information content (AvgIpc) is 3.42. The van der Waals surface area contributed by atoms with E-state index in [9.17, 15) is 19.2 Å². The lowest BCUT2D eigenvalue weighted by Crippen LogP contribution is -2.39. The van der Waals surface area contributed by atoms with Crippen LogP contribution >= 0.6 is 22.9 Å². The molecule has 12 heteroatoms. The number of aldehydes is 1. The van der Waals surface area contributed by atoms with Gasteiger partial charge >= 0.3 is 6.09 Å². The van der Waals surface area contributed by atoms with E-state index >= 15 is 4.39 Å². The lowest BCUT2D eigenvalue weighted by molar-refractivity contribution is 0.0225. The zero-order valence-electron chi connectivity index (χ0n) is 24.1. The molecule has 0 unspecified atom stereocenters. The number of carbonyl (C=O) groups is 4. The van der Waals surface area contributed by atoms with Gasteiger partial charge in [0, 0.05) is 47.2 Å². The van der Waals surface area contributed by atoms with Crippen molar-refractivity contribution in [3.63, 3.8) is 0 Å². The first-order valence-electron chi connectivity index (χ1n) is 13.7. The summed E-state index contributed by atoms with van der Waals surface area (Å²) in [5.41, 5.74) is 1.52. The molecule has 2 amide bonds. The monoisotopic (exact) mass is 634 g/mol. The van der Waals surface area contributed by atoms with Gasteiger partial charge in [-0.25, -0.2) is 14.2 Å². The number of anilines is 1. The van der Waals surface area contributed by atoms with Gasteiger partial charge in [0.1, 0.15) is 11.3 Å². The van der Waals surface area contributed by atoms with Crippen LogP contribution in [0.4, 0.5) is 14.9 Å². The molecule has 0 bridgehead atoms. The maximum Gasteiger partial charge on any atom is 0.410 e. The van der Waals surface area contributed by atoms with Gasteiger partial charge in [-0.3, -0.25) is 19.4 Å². The molecule has 9 nitrogen and oxygen atoms in total. The summed E-state index contributed by atoms with van der Waals surface area (Å²) in [7, 11) is 0. The van der Waals surface area contributed by atoms with Crippen molar-refractivity contribution in [3.05, 3.63) is 98.0 Å². The average molecular weight is 635 g/mol. The highest BCUT2D eigenvalue weighted by Gasteiger charge is 2.29. The van der Waals surface area contributed by atoms with Crippen LogP contribution in [0.3, 0.4) is 0 Å². The Morgan fingerprint density at radius 3 is 2.57 bits per heavy atom. The Bertz CT molecular complexity index is 1770. The number of halogens is 2. The summed E-state index contributed by atoms with van der Waals surface area (Å²) in [4.78, 5) is 60.1. The largest absolute Gasteiger partial charge is 0.444 e. The van der Waals surface area contributed by atoms with E-state index < -0.39 is 23.4 Å². The van der Waals surface area contributed by atoms with Gasteiger partial charge in [-0.1, -0.05) is 41.9 Å². The second kappa shape index (κ2) is 12.6. The molecule has 3 heterocycles. The molecule has 44 heavy (non-hydrogen) atoms. The minimum atomic E-state index is -0.699. The first-order valence-corrected chi connectivity index (χ1v) is 14.9. The van der Waals surface area contributed by atoms with Crippen LogP contribution in [0.25, 0.3) is 11.1 Å². The number of fused-ring (bicyclic) bond motifs is 1. The fourth-order valence-electron chi connectivity index (χ4n) is 4.62. The van der Waals surface area contributed by atoms with Gasteiger partial charge in [-0.15, -0.1) is 11.3 Å². The van der Waals surface area contributed by atoms with Crippen molar-refractivity contribution in [2.24, 2.45) is 0 Å². The molecule has 0 radical (unpaired) electrons. The minimum Gasteiger partial charge on any atom is -0.444 e. The van der Waals surface area contributed by atoms with E-state index in [4.69, 9.17) is 16.3 Å². The van der Waals surface area contributed by atoms with E-state index in [0.29, 0.717) is 35.9 Å². The first-order chi connectivity index (χ1) is 20.9. The van der Waals surface area contributed by atoms with Gasteiger partial charge in [0.25, 0.3) is 5.91 Å². The molecule has 0 saturated carbocycles. The van der Waals surface area contributed by atoms with Crippen LogP contribution in [0.1, 0.15) is 67.6 Å². The molecule has 0 fully saturated rings. The zero-order chi connectivity index (χ0) is 31.6. The van der Waals surface area contributed by atoms with Crippen LogP contribution in [0, 0.1) is 5.82 Å². The summed E-state index contributed by atoms with van der Waals surface area (Å²) < 4.78 is 21.3. The van der Waals surface area contributed by atoms with Crippen molar-refractivity contribution in [2.75, 3.05) is 11.9 Å². The van der Waals surface area contributed by atoms with Crippen molar-refractivity contribution in [3.8, 4) is 11.1 Å². The Labute approximate surface area is 262 Å². The Balaban J connectivity index is 1.32. The lowest BCUT2D eigenvalue weighted by Gasteiger charge is -2.29. The standard InChI is InChI=1S/C32H28ClFN4O5S/c1-32(2,3)43-31(42)38-13-12-23-26(16-38)44-30(37-23)29(41)36-24-9-5-8-21(28(24)34)20-7-4-6-19(27(20)33)14-25(40)22-11-10-18(17-39)15-35-22/h4-11,15,17H,12-14,16H2,1-3H3,(H,36,41). The molecule has 1 aliphatic heterocycles. The second-order valence-corrected chi connectivity index (χ2v) is 12.6. The number of thiazole rings is 1. The zero-order valence-corrected chi connectivity index (χ0v) is 25.7. The summed E-state index contributed by atoms with van der Waals surface area (Å²) in [6, 6.07) is 12.5. The summed E-state index contributed by atoms with van der Waals surface area (Å²) in [5.74, 6) is -1.60. The van der Waals surface area contributed by atoms with Crippen molar-refractivity contribution < 1.29 is 28.3 Å². The molecule has 0 atom stereocenters. The van der Waals surface area contributed by atoms with Crippen molar-refractivity contribution in [1.82, 2.24) is 14.9 Å². The highest BCUT2D eigenvalue weighted by molar-refractivity contribution is 7.13. The van der Waals surface area contributed by atoms with Crippen molar-refractivity contribution >= 4 is 52.7 Å². The van der Waals surface area contributed by atoms with Gasteiger partial charge in [0.05, 0.1) is 22.9 Å². The highest BCUT2D eigenvalue weighted by atomic mass is 35.5. The van der Waals surface area contributed by atoms with E-state index in [0.717, 1.165) is 21.9 Å². The Morgan fingerprint density at radius 1 is 1.11 bits per heavy atom. The predicted octanol–water partition coefficient (Wildman–Crippen LogP) is 6.78. The highest BCUT2D eigenvalue weighted by Crippen LogP contribution is 2.36. The quantitative estimate of drug-likeness (QED) is 0.176. The first kappa shape index (κ1) is 31.0. The van der Waals surface area contributed by atoms with E-state index in [1.165, 1.54) is 30.5 Å². The van der Waals surface area contributed by atoms with Crippen LogP contribution in [0.2, 0.25) is 5.02 Å². The van der Waals surface area contributed by atoms with E-state index in [-0.39, 0.29) is 45.7 Å². The number of nitrogens with zero attached hydrogens (tertiary/aromatic N) is 3. The number of carbonyl (C=O) groups excluding carboxylic acids is 4. The fourth-order valence-corrected chi connectivity index (χ4v) is 5.93. The van der Waals surface area contributed by atoms with Crippen LogP contribution < -0.4 is 5.32 Å². The van der Waals surface area contributed by atoms with Crippen LogP contribution in [0.15, 0.2) is 54.7 Å². The summed E-state index contributed by atoms with van der Waals surface area (Å²) in [6.45, 7) is 6.08. The SMILES string of the molecule is CC(C)(C)OC(=O)N1CCc2nc(C(=O)Nc3cccc(-c4cccc(CC(=O)c5ccc(C=O)cn5)c4Cl)c3F)sc2C1. The van der Waals surface area contributed by atoms with Gasteiger partial charge < -0.3 is 15.0 Å². The molecule has 2 aromatic carbocycles. The molecule has 1 aliphatic rings. The number of nitrogens with one attached hydrogen (secondary N) is 1. The van der Waals surface area contributed by atoms with Gasteiger partial charge in [0.15, 0.2) is 22.9 Å². The normalized spacial score (nSPS) is 12.8. The van der Waals surface area contributed by atoms with E-state index in [1.54, 1.807) is 49.9 Å². The Kier molecular flexibility index (Phi) is 8.89. The number of amides is 2. The van der Waals surface area contributed by atoms with E-state index in [2.05, 4.69) is 15.3 Å². The van der Waals surface area contributed by atoms with Gasteiger partial charge in [0.2, 0.25) is 0 Å². The Hall–Kier alpha value is -4.48. The van der Waals surface area contributed by atoms with Crippen molar-refractivity contribution in [1.29, 1.82) is 0 Å². The van der Waals surface area contributed by atoms with Gasteiger partial charge in [-0.2, -0.15) is 0 Å².